The Balaban J connectivity index is 1.80. The minimum absolute atomic E-state index is 0.0610. The Kier molecular flexibility index (Phi) is 5.11. The lowest BCUT2D eigenvalue weighted by Crippen LogP contribution is -2.41. The molecular weight excluding hydrogens is 386 g/mol. The molecule has 28 heavy (non-hydrogen) atoms. The summed E-state index contributed by atoms with van der Waals surface area (Å²) in [5, 5.41) is 11.6. The van der Waals surface area contributed by atoms with Crippen molar-refractivity contribution >= 4 is 5.91 Å². The quantitative estimate of drug-likeness (QED) is 0.714. The largest absolute Gasteiger partial charge is 0.416 e. The molecule has 2 saturated carbocycles. The third-order valence-electron chi connectivity index (χ3n) is 5.71. The molecule has 0 aromatic heterocycles. The maximum absolute atomic E-state index is 13.0. The van der Waals surface area contributed by atoms with E-state index in [4.69, 9.17) is 5.26 Å². The summed E-state index contributed by atoms with van der Waals surface area (Å²) >= 11 is 0. The number of hydrogen-bond donors (Lipinski definition) is 1. The van der Waals surface area contributed by atoms with Crippen LogP contribution in [0.3, 0.4) is 0 Å². The Morgan fingerprint density at radius 2 is 1.61 bits per heavy atom. The Morgan fingerprint density at radius 1 is 1.07 bits per heavy atom. The summed E-state index contributed by atoms with van der Waals surface area (Å²) in [4.78, 5) is 12.8. The maximum Gasteiger partial charge on any atom is 0.416 e. The standard InChI is InChI=1S/C19H18F6N2O/c20-18(21,22)13-5-11(6-14(8-13)19(23,24)25)10-27-16(28)17(3-1-2-4-17)15-7-12(15)9-26/h5-6,8,12,15H,1-4,7,10H2,(H,27,28). The number of carbonyl (C=O) groups is 1. The molecule has 2 aliphatic rings. The normalized spacial score (nSPS) is 23.9. The van der Waals surface area contributed by atoms with E-state index in [0.717, 1.165) is 12.8 Å². The van der Waals surface area contributed by atoms with Crippen LogP contribution < -0.4 is 5.32 Å². The summed E-state index contributed by atoms with van der Waals surface area (Å²) < 4.78 is 77.7. The van der Waals surface area contributed by atoms with Gasteiger partial charge in [0.15, 0.2) is 0 Å². The van der Waals surface area contributed by atoms with Crippen LogP contribution >= 0.6 is 0 Å². The first-order valence-corrected chi connectivity index (χ1v) is 8.94. The highest BCUT2D eigenvalue weighted by Gasteiger charge is 2.57. The molecule has 0 spiro atoms. The van der Waals surface area contributed by atoms with Crippen LogP contribution in [-0.4, -0.2) is 5.91 Å². The van der Waals surface area contributed by atoms with Crippen LogP contribution in [0.2, 0.25) is 0 Å². The number of benzene rings is 1. The minimum Gasteiger partial charge on any atom is -0.352 e. The van der Waals surface area contributed by atoms with Crippen LogP contribution in [0.4, 0.5) is 26.3 Å². The van der Waals surface area contributed by atoms with Crippen LogP contribution in [0, 0.1) is 28.6 Å². The fraction of sp³-hybridized carbons (Fsp3) is 0.579. The number of alkyl halides is 6. The molecule has 2 atom stereocenters. The first kappa shape index (κ1) is 20.5. The van der Waals surface area contributed by atoms with Crippen LogP contribution in [0.1, 0.15) is 48.8 Å². The Hall–Kier alpha value is -2.24. The van der Waals surface area contributed by atoms with Gasteiger partial charge in [0.1, 0.15) is 0 Å². The van der Waals surface area contributed by atoms with E-state index in [-0.39, 0.29) is 23.5 Å². The monoisotopic (exact) mass is 404 g/mol. The van der Waals surface area contributed by atoms with E-state index < -0.39 is 41.3 Å². The Labute approximate surface area is 157 Å². The smallest absolute Gasteiger partial charge is 0.352 e. The lowest BCUT2D eigenvalue weighted by Gasteiger charge is -2.28. The van der Waals surface area contributed by atoms with Gasteiger partial charge in [-0.1, -0.05) is 12.8 Å². The highest BCUT2D eigenvalue weighted by atomic mass is 19.4. The number of amides is 1. The van der Waals surface area contributed by atoms with E-state index in [2.05, 4.69) is 11.4 Å². The fourth-order valence-electron chi connectivity index (χ4n) is 4.20. The number of carbonyl (C=O) groups excluding carboxylic acids is 1. The van der Waals surface area contributed by atoms with Crippen LogP contribution in [0.15, 0.2) is 18.2 Å². The minimum atomic E-state index is -4.93. The highest BCUT2D eigenvalue weighted by Crippen LogP contribution is 2.58. The molecule has 2 fully saturated rings. The molecule has 2 unspecified atom stereocenters. The second kappa shape index (κ2) is 6.98. The molecule has 0 bridgehead atoms. The molecule has 9 heteroatoms. The topological polar surface area (TPSA) is 52.9 Å². The van der Waals surface area contributed by atoms with Gasteiger partial charge >= 0.3 is 12.4 Å². The molecule has 1 amide bonds. The summed E-state index contributed by atoms with van der Waals surface area (Å²) in [5.74, 6) is -0.694. The number of nitriles is 1. The van der Waals surface area contributed by atoms with E-state index in [1.54, 1.807) is 0 Å². The van der Waals surface area contributed by atoms with Gasteiger partial charge in [0.05, 0.1) is 28.5 Å². The van der Waals surface area contributed by atoms with Crippen molar-refractivity contribution in [3.63, 3.8) is 0 Å². The molecule has 0 heterocycles. The molecule has 3 nitrogen and oxygen atoms in total. The predicted octanol–water partition coefficient (Wildman–Crippen LogP) is 5.06. The Bertz CT molecular complexity index is 770. The maximum atomic E-state index is 13.0. The van der Waals surface area contributed by atoms with E-state index in [9.17, 15) is 31.1 Å². The fourth-order valence-corrected chi connectivity index (χ4v) is 4.20. The summed E-state index contributed by atoms with van der Waals surface area (Å²) in [6, 6.07) is 3.43. The van der Waals surface area contributed by atoms with Gasteiger partial charge in [0.2, 0.25) is 5.91 Å². The summed E-state index contributed by atoms with van der Waals surface area (Å²) in [6.07, 6.45) is -6.48. The van der Waals surface area contributed by atoms with Gasteiger partial charge in [-0.05, 0) is 48.9 Å². The van der Waals surface area contributed by atoms with Gasteiger partial charge in [0, 0.05) is 6.54 Å². The second-order valence-electron chi connectivity index (χ2n) is 7.54. The van der Waals surface area contributed by atoms with Gasteiger partial charge in [-0.3, -0.25) is 4.79 Å². The number of nitrogens with one attached hydrogen (secondary N) is 1. The van der Waals surface area contributed by atoms with Gasteiger partial charge in [0.25, 0.3) is 0 Å². The molecule has 1 N–H and O–H groups in total. The van der Waals surface area contributed by atoms with Gasteiger partial charge in [-0.15, -0.1) is 0 Å². The van der Waals surface area contributed by atoms with Crippen LogP contribution in [0.25, 0.3) is 0 Å². The van der Waals surface area contributed by atoms with E-state index >= 15 is 0 Å². The van der Waals surface area contributed by atoms with Crippen molar-refractivity contribution in [1.29, 1.82) is 5.26 Å². The summed E-state index contributed by atoms with van der Waals surface area (Å²) in [5.41, 5.74) is -3.83. The van der Waals surface area contributed by atoms with Gasteiger partial charge in [-0.25, -0.2) is 0 Å². The highest BCUT2D eigenvalue weighted by molar-refractivity contribution is 5.84. The van der Waals surface area contributed by atoms with Crippen molar-refractivity contribution in [1.82, 2.24) is 5.32 Å². The SMILES string of the molecule is N#CC1CC1C1(C(=O)NCc2cc(C(F)(F)F)cc(C(F)(F)F)c2)CCCC1. The first-order chi connectivity index (χ1) is 13.0. The zero-order valence-corrected chi connectivity index (χ0v) is 14.8. The number of rotatable bonds is 4. The van der Waals surface area contributed by atoms with Crippen LogP contribution in [0.5, 0.6) is 0 Å². The molecule has 2 aliphatic carbocycles. The van der Waals surface area contributed by atoms with Crippen molar-refractivity contribution in [3.05, 3.63) is 34.9 Å². The number of nitrogens with zero attached hydrogens (tertiary/aromatic N) is 1. The van der Waals surface area contributed by atoms with Gasteiger partial charge in [-0.2, -0.15) is 31.6 Å². The van der Waals surface area contributed by atoms with Crippen molar-refractivity contribution < 1.29 is 31.1 Å². The van der Waals surface area contributed by atoms with Crippen molar-refractivity contribution in [2.24, 2.45) is 17.3 Å². The van der Waals surface area contributed by atoms with E-state index in [0.29, 0.717) is 31.4 Å². The molecule has 1 aromatic rings. The van der Waals surface area contributed by atoms with Crippen molar-refractivity contribution in [2.45, 2.75) is 51.0 Å². The molecule has 0 radical (unpaired) electrons. The van der Waals surface area contributed by atoms with Crippen LogP contribution in [-0.2, 0) is 23.7 Å². The zero-order chi connectivity index (χ0) is 20.7. The summed E-state index contributed by atoms with van der Waals surface area (Å²) in [6.45, 7) is -0.433. The molecule has 152 valence electrons. The number of halogens is 6. The molecule has 0 aliphatic heterocycles. The van der Waals surface area contributed by atoms with Crippen molar-refractivity contribution in [2.75, 3.05) is 0 Å². The predicted molar refractivity (Wildman–Crippen MR) is 86.4 cm³/mol. The lowest BCUT2D eigenvalue weighted by atomic mass is 9.79. The second-order valence-corrected chi connectivity index (χ2v) is 7.54. The Morgan fingerprint density at radius 3 is 2.04 bits per heavy atom. The lowest BCUT2D eigenvalue weighted by molar-refractivity contribution is -0.143. The zero-order valence-electron chi connectivity index (χ0n) is 14.8. The van der Waals surface area contributed by atoms with E-state index in [1.165, 1.54) is 0 Å². The average Bonchev–Trinajstić information content (AvgIpc) is 3.25. The number of hydrogen-bond acceptors (Lipinski definition) is 2. The molecule has 1 aromatic carbocycles. The molecule has 3 rings (SSSR count). The van der Waals surface area contributed by atoms with E-state index in [1.807, 2.05) is 0 Å². The third kappa shape index (κ3) is 3.96. The molecule has 0 saturated heterocycles. The summed E-state index contributed by atoms with van der Waals surface area (Å²) in [7, 11) is 0. The first-order valence-electron chi connectivity index (χ1n) is 8.94. The average molecular weight is 404 g/mol. The van der Waals surface area contributed by atoms with Crippen molar-refractivity contribution in [3.8, 4) is 6.07 Å². The molecular formula is C19H18F6N2O. The third-order valence-corrected chi connectivity index (χ3v) is 5.71. The van der Waals surface area contributed by atoms with Gasteiger partial charge < -0.3 is 5.32 Å².